The van der Waals surface area contributed by atoms with Crippen LogP contribution in [0, 0.1) is 5.92 Å². The predicted molar refractivity (Wildman–Crippen MR) is 106 cm³/mol. The van der Waals surface area contributed by atoms with Crippen molar-refractivity contribution < 1.29 is 9.90 Å². The largest absolute Gasteiger partial charge is 0.391 e. The first-order valence-electron chi connectivity index (χ1n) is 10.1. The van der Waals surface area contributed by atoms with Crippen molar-refractivity contribution in [2.24, 2.45) is 5.92 Å². The van der Waals surface area contributed by atoms with Crippen LogP contribution in [0.4, 0.5) is 0 Å². The molecule has 1 aliphatic heterocycles. The summed E-state index contributed by atoms with van der Waals surface area (Å²) >= 11 is 0. The fourth-order valence-corrected chi connectivity index (χ4v) is 4.66. The van der Waals surface area contributed by atoms with Crippen molar-refractivity contribution in [2.45, 2.75) is 44.2 Å². The number of fused-ring (bicyclic) bond motifs is 1. The number of likely N-dealkylation sites (N-methyl/N-ethyl adjacent to an activating group) is 1. The maximum absolute atomic E-state index is 12.7. The molecule has 2 aliphatic rings. The van der Waals surface area contributed by atoms with Gasteiger partial charge in [0, 0.05) is 36.6 Å². The quantitative estimate of drug-likeness (QED) is 0.882. The van der Waals surface area contributed by atoms with Gasteiger partial charge >= 0.3 is 0 Å². The first-order valence-corrected chi connectivity index (χ1v) is 10.1. The molecule has 2 aromatic rings. The number of aromatic nitrogens is 1. The van der Waals surface area contributed by atoms with E-state index < -0.39 is 6.10 Å². The van der Waals surface area contributed by atoms with E-state index in [-0.39, 0.29) is 11.8 Å². The lowest BCUT2D eigenvalue weighted by atomic mass is 9.94. The number of β-amino-alcohol motifs (C(OH)–C–C–N with tert-alkyl or cyclic N) is 1. The maximum Gasteiger partial charge on any atom is 0.236 e. The summed E-state index contributed by atoms with van der Waals surface area (Å²) in [5.74, 6) is 0.224. The van der Waals surface area contributed by atoms with Crippen molar-refractivity contribution in [1.29, 1.82) is 0 Å². The maximum atomic E-state index is 12.7. The monoisotopic (exact) mass is 367 g/mol. The Morgan fingerprint density at radius 2 is 2.00 bits per heavy atom. The summed E-state index contributed by atoms with van der Waals surface area (Å²) in [6, 6.07) is 10.7. The van der Waals surface area contributed by atoms with Crippen molar-refractivity contribution in [1.82, 2.24) is 14.8 Å². The van der Waals surface area contributed by atoms with E-state index in [1.54, 1.807) is 0 Å². The first-order chi connectivity index (χ1) is 13.1. The lowest BCUT2D eigenvalue weighted by Crippen LogP contribution is -2.41. The van der Waals surface area contributed by atoms with Crippen molar-refractivity contribution in [2.75, 3.05) is 26.7 Å². The molecule has 5 nitrogen and oxygen atoms in total. The molecule has 0 unspecified atom stereocenters. The third kappa shape index (κ3) is 3.99. The molecule has 1 aromatic heterocycles. The smallest absolute Gasteiger partial charge is 0.236 e. The number of rotatable bonds is 5. The molecule has 1 N–H and O–H groups in total. The number of carbonyl (C=O) groups is 1. The fraction of sp³-hybridized carbons (Fsp3) is 0.545. The Morgan fingerprint density at radius 3 is 2.81 bits per heavy atom. The molecule has 1 amide bonds. The van der Waals surface area contributed by atoms with E-state index in [4.69, 9.17) is 0 Å². The minimum atomic E-state index is -0.460. The molecule has 5 heteroatoms. The van der Waals surface area contributed by atoms with E-state index in [0.29, 0.717) is 25.7 Å². The van der Waals surface area contributed by atoms with Gasteiger partial charge in [-0.1, -0.05) is 31.0 Å². The number of benzene rings is 1. The number of carbonyl (C=O) groups excluding carboxylic acids is 1. The van der Waals surface area contributed by atoms with Gasteiger partial charge in [0.2, 0.25) is 5.91 Å². The molecule has 1 saturated carbocycles. The molecule has 144 valence electrons. The highest BCUT2D eigenvalue weighted by molar-refractivity contribution is 5.82. The second kappa shape index (κ2) is 7.95. The van der Waals surface area contributed by atoms with Gasteiger partial charge in [-0.15, -0.1) is 0 Å². The van der Waals surface area contributed by atoms with Gasteiger partial charge in [0.05, 0.1) is 18.2 Å². The second-order valence-electron chi connectivity index (χ2n) is 8.17. The number of nitrogens with zero attached hydrogens (tertiary/aromatic N) is 3. The van der Waals surface area contributed by atoms with Crippen LogP contribution in [0.25, 0.3) is 10.9 Å². The van der Waals surface area contributed by atoms with Gasteiger partial charge in [0.25, 0.3) is 0 Å². The van der Waals surface area contributed by atoms with E-state index in [1.165, 1.54) is 31.2 Å². The van der Waals surface area contributed by atoms with Gasteiger partial charge in [0.1, 0.15) is 0 Å². The summed E-state index contributed by atoms with van der Waals surface area (Å²) in [6.45, 7) is 1.54. The zero-order valence-corrected chi connectivity index (χ0v) is 16.1. The Bertz CT molecular complexity index is 798. The average Bonchev–Trinajstić information content (AvgIpc) is 3.33. The molecule has 2 atom stereocenters. The van der Waals surface area contributed by atoms with Gasteiger partial charge in [-0.25, -0.2) is 0 Å². The van der Waals surface area contributed by atoms with Crippen LogP contribution in [0.15, 0.2) is 36.5 Å². The summed E-state index contributed by atoms with van der Waals surface area (Å²) in [6.07, 6.45) is 7.08. The summed E-state index contributed by atoms with van der Waals surface area (Å²) in [5, 5.41) is 11.7. The number of hydrogen-bond donors (Lipinski definition) is 1. The van der Waals surface area contributed by atoms with Crippen LogP contribution in [0.2, 0.25) is 0 Å². The number of aliphatic hydroxyl groups is 1. The van der Waals surface area contributed by atoms with Crippen LogP contribution in [0.5, 0.6) is 0 Å². The summed E-state index contributed by atoms with van der Waals surface area (Å²) in [5.41, 5.74) is 2.18. The molecule has 0 bridgehead atoms. The van der Waals surface area contributed by atoms with Gasteiger partial charge in [0.15, 0.2) is 0 Å². The van der Waals surface area contributed by atoms with E-state index in [9.17, 15) is 9.90 Å². The molecule has 2 fully saturated rings. The molecule has 27 heavy (non-hydrogen) atoms. The lowest BCUT2D eigenvalue weighted by molar-refractivity contribution is -0.132. The number of likely N-dealkylation sites (tertiary alicyclic amines) is 1. The number of amides is 1. The highest BCUT2D eigenvalue weighted by Gasteiger charge is 2.35. The third-order valence-corrected chi connectivity index (χ3v) is 6.31. The molecule has 0 radical (unpaired) electrons. The van der Waals surface area contributed by atoms with Crippen LogP contribution in [0.3, 0.4) is 0 Å². The summed E-state index contributed by atoms with van der Waals surface area (Å²) in [7, 11) is 2.06. The highest BCUT2D eigenvalue weighted by Crippen LogP contribution is 2.26. The number of pyridine rings is 1. The van der Waals surface area contributed by atoms with E-state index >= 15 is 0 Å². The van der Waals surface area contributed by atoms with Gasteiger partial charge in [-0.3, -0.25) is 14.7 Å². The molecular weight excluding hydrogens is 338 g/mol. The summed E-state index contributed by atoms with van der Waals surface area (Å²) < 4.78 is 0. The molecule has 4 rings (SSSR count). The number of hydrogen-bond acceptors (Lipinski definition) is 4. The van der Waals surface area contributed by atoms with Crippen molar-refractivity contribution in [3.63, 3.8) is 0 Å². The Hall–Kier alpha value is -1.98. The minimum Gasteiger partial charge on any atom is -0.391 e. The number of aliphatic hydroxyl groups excluding tert-OH is 1. The van der Waals surface area contributed by atoms with Crippen molar-refractivity contribution >= 4 is 16.8 Å². The Balaban J connectivity index is 1.40. The van der Waals surface area contributed by atoms with Crippen LogP contribution < -0.4 is 0 Å². The topological polar surface area (TPSA) is 56.7 Å². The van der Waals surface area contributed by atoms with E-state index in [0.717, 1.165) is 17.3 Å². The van der Waals surface area contributed by atoms with Crippen LogP contribution in [-0.2, 0) is 11.2 Å². The Labute approximate surface area is 161 Å². The molecule has 2 heterocycles. The predicted octanol–water partition coefficient (Wildman–Crippen LogP) is 2.47. The molecule has 0 spiro atoms. The molecular formula is C22H29N3O2. The van der Waals surface area contributed by atoms with Gasteiger partial charge in [-0.05, 0) is 44.0 Å². The highest BCUT2D eigenvalue weighted by atomic mass is 16.3. The second-order valence-corrected chi connectivity index (χ2v) is 8.17. The zero-order chi connectivity index (χ0) is 18.8. The Kier molecular flexibility index (Phi) is 5.41. The molecule has 1 aromatic carbocycles. The minimum absolute atomic E-state index is 0.0801. The fourth-order valence-electron chi connectivity index (χ4n) is 4.66. The SMILES string of the molecule is CN(CC(=O)N1C[C@@H](Cc2ccnc3ccccc23)[C@@H](O)C1)C1CCCC1. The van der Waals surface area contributed by atoms with Gasteiger partial charge < -0.3 is 10.0 Å². The normalized spacial score (nSPS) is 23.6. The first kappa shape index (κ1) is 18.4. The molecule has 1 aliphatic carbocycles. The van der Waals surface area contributed by atoms with E-state index in [2.05, 4.69) is 23.0 Å². The van der Waals surface area contributed by atoms with Crippen LogP contribution in [0.1, 0.15) is 31.2 Å². The van der Waals surface area contributed by atoms with Crippen LogP contribution in [-0.4, -0.2) is 64.6 Å². The summed E-state index contributed by atoms with van der Waals surface area (Å²) in [4.78, 5) is 21.2. The van der Waals surface area contributed by atoms with Gasteiger partial charge in [-0.2, -0.15) is 0 Å². The van der Waals surface area contributed by atoms with Crippen LogP contribution >= 0.6 is 0 Å². The zero-order valence-electron chi connectivity index (χ0n) is 16.1. The lowest BCUT2D eigenvalue weighted by Gasteiger charge is -2.26. The van der Waals surface area contributed by atoms with Crippen molar-refractivity contribution in [3.8, 4) is 0 Å². The number of para-hydroxylation sites is 1. The van der Waals surface area contributed by atoms with Crippen molar-refractivity contribution in [3.05, 3.63) is 42.1 Å². The standard InChI is InChI=1S/C22H29N3O2/c1-24(18-6-2-3-7-18)15-22(27)25-13-17(21(26)14-25)12-16-10-11-23-20-9-5-4-8-19(16)20/h4-5,8-11,17-18,21,26H,2-3,6-7,12-15H2,1H3/t17-,21+/m1/s1. The third-order valence-electron chi connectivity index (χ3n) is 6.31. The average molecular weight is 367 g/mol. The Morgan fingerprint density at radius 1 is 1.22 bits per heavy atom. The van der Waals surface area contributed by atoms with E-state index in [1.807, 2.05) is 35.4 Å². The molecule has 1 saturated heterocycles.